The lowest BCUT2D eigenvalue weighted by atomic mass is 10.2. The van der Waals surface area contributed by atoms with Crippen molar-refractivity contribution in [1.29, 1.82) is 0 Å². The fourth-order valence-electron chi connectivity index (χ4n) is 1.69. The Labute approximate surface area is 123 Å². The normalized spacial score (nSPS) is 11.5. The first-order valence-electron chi connectivity index (χ1n) is 5.81. The van der Waals surface area contributed by atoms with Crippen molar-refractivity contribution in [3.05, 3.63) is 58.4 Å². The number of rotatable bonds is 3. The highest BCUT2D eigenvalue weighted by molar-refractivity contribution is 6.31. The highest BCUT2D eigenvalue weighted by Crippen LogP contribution is 2.34. The first-order chi connectivity index (χ1) is 9.79. The van der Waals surface area contributed by atoms with Crippen LogP contribution in [0.5, 0.6) is 5.75 Å². The van der Waals surface area contributed by atoms with Gasteiger partial charge in [0.25, 0.3) is 0 Å². The quantitative estimate of drug-likeness (QED) is 0.659. The van der Waals surface area contributed by atoms with E-state index in [0.29, 0.717) is 28.4 Å². The van der Waals surface area contributed by atoms with E-state index in [1.54, 1.807) is 18.2 Å². The van der Waals surface area contributed by atoms with Crippen LogP contribution in [0.25, 0.3) is 0 Å². The minimum absolute atomic E-state index is 0.117. The highest BCUT2D eigenvalue weighted by atomic mass is 35.5. The second-order valence-corrected chi connectivity index (χ2v) is 4.64. The van der Waals surface area contributed by atoms with E-state index in [1.807, 2.05) is 0 Å². The number of nitrogens with two attached hydrogens (primary N) is 1. The van der Waals surface area contributed by atoms with Crippen molar-refractivity contribution in [2.75, 3.05) is 5.73 Å². The molecule has 0 unspecified atom stereocenters. The van der Waals surface area contributed by atoms with Crippen LogP contribution < -0.4 is 10.5 Å². The molecule has 2 nitrogen and oxygen atoms in total. The second-order valence-electron chi connectivity index (χ2n) is 4.24. The zero-order valence-corrected chi connectivity index (χ0v) is 11.3. The van der Waals surface area contributed by atoms with Gasteiger partial charge < -0.3 is 10.5 Å². The van der Waals surface area contributed by atoms with Gasteiger partial charge in [0.15, 0.2) is 0 Å². The van der Waals surface area contributed by atoms with Gasteiger partial charge in [0.2, 0.25) is 0 Å². The largest absolute Gasteiger partial charge is 0.489 e. The van der Waals surface area contributed by atoms with E-state index < -0.39 is 17.6 Å². The van der Waals surface area contributed by atoms with Crippen LogP contribution in [0.4, 0.5) is 23.2 Å². The summed E-state index contributed by atoms with van der Waals surface area (Å²) in [5.41, 5.74) is 5.14. The predicted molar refractivity (Wildman–Crippen MR) is 71.6 cm³/mol. The Bertz CT molecular complexity index is 638. The van der Waals surface area contributed by atoms with Gasteiger partial charge in [-0.3, -0.25) is 0 Å². The van der Waals surface area contributed by atoms with Crippen LogP contribution in [0.1, 0.15) is 11.1 Å². The lowest BCUT2D eigenvalue weighted by Gasteiger charge is -2.13. The molecule has 0 amide bonds. The van der Waals surface area contributed by atoms with Crippen molar-refractivity contribution < 1.29 is 22.3 Å². The van der Waals surface area contributed by atoms with Crippen LogP contribution in [-0.2, 0) is 12.8 Å². The number of hydrogen-bond donors (Lipinski definition) is 1. The van der Waals surface area contributed by atoms with Crippen LogP contribution in [-0.4, -0.2) is 0 Å². The van der Waals surface area contributed by atoms with Crippen LogP contribution >= 0.6 is 11.6 Å². The van der Waals surface area contributed by atoms with Crippen LogP contribution in [0.15, 0.2) is 36.4 Å². The van der Waals surface area contributed by atoms with E-state index in [-0.39, 0.29) is 12.4 Å². The third-order valence-electron chi connectivity index (χ3n) is 2.78. The van der Waals surface area contributed by atoms with Gasteiger partial charge in [0.1, 0.15) is 18.2 Å². The molecule has 7 heteroatoms. The van der Waals surface area contributed by atoms with Gasteiger partial charge in [-0.2, -0.15) is 13.2 Å². The Morgan fingerprint density at radius 2 is 1.86 bits per heavy atom. The summed E-state index contributed by atoms with van der Waals surface area (Å²) in [6.45, 7) is -0.117. The summed E-state index contributed by atoms with van der Waals surface area (Å²) in [6, 6.07) is 7.23. The fraction of sp³-hybridized carbons (Fsp3) is 0.143. The molecule has 0 heterocycles. The smallest absolute Gasteiger partial charge is 0.419 e. The molecule has 0 aliphatic carbocycles. The maximum absolute atomic E-state index is 13.1. The SMILES string of the molecule is Nc1cccc(Cl)c1COc1ccc(F)c(C(F)(F)F)c1. The van der Waals surface area contributed by atoms with Crippen molar-refractivity contribution in [3.8, 4) is 5.75 Å². The standard InChI is InChI=1S/C14H10ClF4NO/c15-11-2-1-3-13(20)9(11)7-21-8-4-5-12(16)10(6-8)14(17,18)19/h1-6H,7,20H2. The molecule has 0 saturated heterocycles. The maximum Gasteiger partial charge on any atom is 0.419 e. The van der Waals surface area contributed by atoms with E-state index >= 15 is 0 Å². The first kappa shape index (κ1) is 15.4. The number of halogens is 5. The minimum Gasteiger partial charge on any atom is -0.489 e. The van der Waals surface area contributed by atoms with Crippen LogP contribution in [0.3, 0.4) is 0 Å². The summed E-state index contributed by atoms with van der Waals surface area (Å²) in [5.74, 6) is -1.48. The summed E-state index contributed by atoms with van der Waals surface area (Å²) in [7, 11) is 0. The number of alkyl halides is 3. The van der Waals surface area contributed by atoms with Gasteiger partial charge in [0, 0.05) is 16.3 Å². The number of ether oxygens (including phenoxy) is 1. The molecule has 0 bridgehead atoms. The molecule has 2 rings (SSSR count). The summed E-state index contributed by atoms with van der Waals surface area (Å²) in [5, 5.41) is 0.341. The predicted octanol–water partition coefficient (Wildman–Crippen LogP) is 4.66. The lowest BCUT2D eigenvalue weighted by molar-refractivity contribution is -0.140. The fourth-order valence-corrected chi connectivity index (χ4v) is 1.93. The third kappa shape index (κ3) is 3.58. The van der Waals surface area contributed by atoms with E-state index in [2.05, 4.69) is 0 Å². The molecule has 0 fully saturated rings. The molecule has 0 atom stereocenters. The van der Waals surface area contributed by atoms with Gasteiger partial charge in [-0.25, -0.2) is 4.39 Å². The van der Waals surface area contributed by atoms with E-state index in [9.17, 15) is 17.6 Å². The number of nitrogen functional groups attached to an aromatic ring is 1. The average molecular weight is 320 g/mol. The van der Waals surface area contributed by atoms with Crippen LogP contribution in [0.2, 0.25) is 5.02 Å². The summed E-state index contributed by atoms with van der Waals surface area (Å²) >= 11 is 5.92. The Hall–Kier alpha value is -1.95. The topological polar surface area (TPSA) is 35.2 Å². The average Bonchev–Trinajstić information content (AvgIpc) is 2.38. The second kappa shape index (κ2) is 5.81. The van der Waals surface area contributed by atoms with Gasteiger partial charge in [-0.1, -0.05) is 17.7 Å². The van der Waals surface area contributed by atoms with Crippen molar-refractivity contribution >= 4 is 17.3 Å². The molecular formula is C14H10ClF4NO. The number of anilines is 1. The summed E-state index contributed by atoms with van der Waals surface area (Å²) < 4.78 is 56.1. The molecule has 0 spiro atoms. The molecule has 0 aliphatic rings. The highest BCUT2D eigenvalue weighted by Gasteiger charge is 2.34. The zero-order valence-electron chi connectivity index (χ0n) is 10.5. The lowest BCUT2D eigenvalue weighted by Crippen LogP contribution is -2.09. The Morgan fingerprint density at radius 1 is 1.14 bits per heavy atom. The zero-order chi connectivity index (χ0) is 15.6. The van der Waals surface area contributed by atoms with Crippen molar-refractivity contribution in [1.82, 2.24) is 0 Å². The third-order valence-corrected chi connectivity index (χ3v) is 3.14. The molecular weight excluding hydrogens is 310 g/mol. The van der Waals surface area contributed by atoms with E-state index in [0.717, 1.165) is 6.07 Å². The molecule has 0 radical (unpaired) electrons. The maximum atomic E-state index is 13.1. The number of benzene rings is 2. The summed E-state index contributed by atoms with van der Waals surface area (Å²) in [4.78, 5) is 0. The Morgan fingerprint density at radius 3 is 2.48 bits per heavy atom. The minimum atomic E-state index is -4.78. The molecule has 0 aromatic heterocycles. The molecule has 2 aromatic carbocycles. The van der Waals surface area contributed by atoms with E-state index in [4.69, 9.17) is 22.1 Å². The Kier molecular flexibility index (Phi) is 4.27. The van der Waals surface area contributed by atoms with Gasteiger partial charge >= 0.3 is 6.18 Å². The molecule has 2 N–H and O–H groups in total. The summed E-state index contributed by atoms with van der Waals surface area (Å²) in [6.07, 6.45) is -4.78. The Balaban J connectivity index is 2.22. The van der Waals surface area contributed by atoms with Crippen molar-refractivity contribution in [2.24, 2.45) is 0 Å². The molecule has 112 valence electrons. The molecule has 0 aliphatic heterocycles. The van der Waals surface area contributed by atoms with Gasteiger partial charge in [-0.05, 0) is 30.3 Å². The molecule has 0 saturated carbocycles. The first-order valence-corrected chi connectivity index (χ1v) is 6.19. The van der Waals surface area contributed by atoms with Crippen LogP contribution in [0, 0.1) is 5.82 Å². The van der Waals surface area contributed by atoms with Gasteiger partial charge in [-0.15, -0.1) is 0 Å². The van der Waals surface area contributed by atoms with Gasteiger partial charge in [0.05, 0.1) is 5.56 Å². The van der Waals surface area contributed by atoms with E-state index in [1.165, 1.54) is 0 Å². The molecule has 2 aromatic rings. The number of hydrogen-bond acceptors (Lipinski definition) is 2. The molecule has 21 heavy (non-hydrogen) atoms. The van der Waals surface area contributed by atoms with Crippen molar-refractivity contribution in [3.63, 3.8) is 0 Å². The monoisotopic (exact) mass is 319 g/mol. The van der Waals surface area contributed by atoms with Crippen molar-refractivity contribution in [2.45, 2.75) is 12.8 Å².